The molecule has 0 aliphatic heterocycles. The van der Waals surface area contributed by atoms with E-state index in [1.807, 2.05) is 0 Å². The van der Waals surface area contributed by atoms with Crippen LogP contribution < -0.4 is 10.5 Å². The van der Waals surface area contributed by atoms with E-state index in [0.717, 1.165) is 4.31 Å². The molecule has 1 aromatic rings. The highest BCUT2D eigenvalue weighted by Crippen LogP contribution is 2.28. The molecule has 0 spiro atoms. The average Bonchev–Trinajstić information content (AvgIpc) is 2.37. The van der Waals surface area contributed by atoms with Gasteiger partial charge in [-0.2, -0.15) is 4.31 Å². The van der Waals surface area contributed by atoms with Crippen molar-refractivity contribution in [1.82, 2.24) is 4.31 Å². The van der Waals surface area contributed by atoms with Gasteiger partial charge < -0.3 is 15.2 Å². The van der Waals surface area contributed by atoms with E-state index < -0.39 is 16.0 Å². The van der Waals surface area contributed by atoms with Crippen LogP contribution in [0.5, 0.6) is 5.75 Å². The third-order valence-corrected chi connectivity index (χ3v) is 4.30. The fourth-order valence-electron chi connectivity index (χ4n) is 1.40. The summed E-state index contributed by atoms with van der Waals surface area (Å²) in [7, 11) is -0.0434. The Bertz CT molecular complexity index is 570. The van der Waals surface area contributed by atoms with Crippen molar-refractivity contribution in [3.63, 3.8) is 0 Å². The highest BCUT2D eigenvalue weighted by atomic mass is 32.2. The van der Waals surface area contributed by atoms with E-state index in [-0.39, 0.29) is 17.2 Å². The van der Waals surface area contributed by atoms with Crippen molar-refractivity contribution in [2.45, 2.75) is 4.90 Å². The molecule has 8 heteroatoms. The zero-order valence-corrected chi connectivity index (χ0v) is 11.7. The summed E-state index contributed by atoms with van der Waals surface area (Å²) in [6.45, 7) is -0.383. The van der Waals surface area contributed by atoms with Gasteiger partial charge in [-0.3, -0.25) is 4.79 Å². The quantitative estimate of drug-likeness (QED) is 0.608. The number of anilines is 1. The Kier molecular flexibility index (Phi) is 4.73. The predicted molar refractivity (Wildman–Crippen MR) is 69.2 cm³/mol. The Hall–Kier alpha value is -1.80. The molecule has 0 atom stereocenters. The minimum absolute atomic E-state index is 0.0596. The first-order valence-corrected chi connectivity index (χ1v) is 6.73. The summed E-state index contributed by atoms with van der Waals surface area (Å²) in [6.07, 6.45) is 0. The number of rotatable bonds is 5. The van der Waals surface area contributed by atoms with E-state index in [0.29, 0.717) is 5.69 Å². The molecule has 0 saturated heterocycles. The summed E-state index contributed by atoms with van der Waals surface area (Å²) in [5, 5.41) is 0. The molecule has 0 unspecified atom stereocenters. The molecule has 2 N–H and O–H groups in total. The van der Waals surface area contributed by atoms with Gasteiger partial charge in [0.1, 0.15) is 17.2 Å². The lowest BCUT2D eigenvalue weighted by atomic mass is 10.3. The van der Waals surface area contributed by atoms with Gasteiger partial charge in [0.05, 0.1) is 14.2 Å². The lowest BCUT2D eigenvalue weighted by molar-refractivity contribution is -0.140. The molecule has 0 bridgehead atoms. The molecular formula is C11H16N2O5S. The Morgan fingerprint density at radius 1 is 1.37 bits per heavy atom. The maximum atomic E-state index is 12.3. The van der Waals surface area contributed by atoms with E-state index in [1.165, 1.54) is 39.5 Å². The molecule has 1 rings (SSSR count). The van der Waals surface area contributed by atoms with Crippen LogP contribution in [0.1, 0.15) is 0 Å². The SMILES string of the molecule is COC(=O)CN(C)S(=O)(=O)c1ccc(N)cc1OC. The Morgan fingerprint density at radius 2 is 2.00 bits per heavy atom. The number of methoxy groups -OCH3 is 2. The first-order chi connectivity index (χ1) is 8.82. The summed E-state index contributed by atoms with van der Waals surface area (Å²) in [5.41, 5.74) is 5.94. The molecule has 0 radical (unpaired) electrons. The van der Waals surface area contributed by atoms with E-state index >= 15 is 0 Å². The van der Waals surface area contributed by atoms with Gasteiger partial charge >= 0.3 is 5.97 Å². The van der Waals surface area contributed by atoms with Crippen LogP contribution in [0.3, 0.4) is 0 Å². The summed E-state index contributed by atoms with van der Waals surface area (Å²) in [6, 6.07) is 4.18. The number of hydrogen-bond donors (Lipinski definition) is 1. The van der Waals surface area contributed by atoms with E-state index in [1.54, 1.807) is 0 Å². The van der Waals surface area contributed by atoms with Crippen LogP contribution in [0.15, 0.2) is 23.1 Å². The molecular weight excluding hydrogens is 272 g/mol. The monoisotopic (exact) mass is 288 g/mol. The van der Waals surface area contributed by atoms with Crippen molar-refractivity contribution >= 4 is 21.7 Å². The van der Waals surface area contributed by atoms with E-state index in [2.05, 4.69) is 4.74 Å². The largest absolute Gasteiger partial charge is 0.495 e. The lowest BCUT2D eigenvalue weighted by Crippen LogP contribution is -2.33. The van der Waals surface area contributed by atoms with Crippen LogP contribution in [0.4, 0.5) is 5.69 Å². The minimum Gasteiger partial charge on any atom is -0.495 e. The molecule has 0 amide bonds. The number of esters is 1. The first-order valence-electron chi connectivity index (χ1n) is 5.29. The highest BCUT2D eigenvalue weighted by molar-refractivity contribution is 7.89. The van der Waals surface area contributed by atoms with Gasteiger partial charge in [0.2, 0.25) is 10.0 Å². The summed E-state index contributed by atoms with van der Waals surface area (Å²) in [5.74, 6) is -0.530. The Labute approximate surface area is 112 Å². The number of ether oxygens (including phenoxy) is 2. The predicted octanol–water partition coefficient (Wildman–Crippen LogP) is 0.0709. The molecule has 0 fully saturated rings. The van der Waals surface area contributed by atoms with Gasteiger partial charge in [-0.05, 0) is 12.1 Å². The molecule has 1 aromatic carbocycles. The van der Waals surface area contributed by atoms with Crippen molar-refractivity contribution in [1.29, 1.82) is 0 Å². The molecule has 0 saturated carbocycles. The number of nitrogens with zero attached hydrogens (tertiary/aromatic N) is 1. The van der Waals surface area contributed by atoms with Crippen molar-refractivity contribution in [3.05, 3.63) is 18.2 Å². The van der Waals surface area contributed by atoms with Crippen molar-refractivity contribution in [2.75, 3.05) is 33.5 Å². The number of nitrogen functional groups attached to an aromatic ring is 1. The van der Waals surface area contributed by atoms with Crippen LogP contribution in [-0.2, 0) is 19.6 Å². The fourth-order valence-corrected chi connectivity index (χ4v) is 2.64. The van der Waals surface area contributed by atoms with Gasteiger partial charge in [-0.15, -0.1) is 0 Å². The van der Waals surface area contributed by atoms with Crippen molar-refractivity contribution in [3.8, 4) is 5.75 Å². The zero-order valence-electron chi connectivity index (χ0n) is 10.9. The van der Waals surface area contributed by atoms with Gasteiger partial charge in [0.25, 0.3) is 0 Å². The number of nitrogens with two attached hydrogens (primary N) is 1. The zero-order chi connectivity index (χ0) is 14.6. The number of likely N-dealkylation sites (N-methyl/N-ethyl adjacent to an activating group) is 1. The van der Waals surface area contributed by atoms with Gasteiger partial charge in [0.15, 0.2) is 0 Å². The summed E-state index contributed by atoms with van der Waals surface area (Å²) in [4.78, 5) is 11.1. The second-order valence-electron chi connectivity index (χ2n) is 3.75. The molecule has 106 valence electrons. The van der Waals surface area contributed by atoms with Gasteiger partial charge in [-0.1, -0.05) is 0 Å². The number of sulfonamides is 1. The van der Waals surface area contributed by atoms with Gasteiger partial charge in [-0.25, -0.2) is 8.42 Å². The van der Waals surface area contributed by atoms with Crippen molar-refractivity contribution < 1.29 is 22.7 Å². The molecule has 0 aliphatic rings. The highest BCUT2D eigenvalue weighted by Gasteiger charge is 2.26. The Balaban J connectivity index is 3.16. The Morgan fingerprint density at radius 3 is 2.53 bits per heavy atom. The van der Waals surface area contributed by atoms with Crippen LogP contribution in [0, 0.1) is 0 Å². The molecule has 0 heterocycles. The summed E-state index contributed by atoms with van der Waals surface area (Å²) >= 11 is 0. The number of carbonyl (C=O) groups is 1. The second-order valence-corrected chi connectivity index (χ2v) is 5.76. The van der Waals surface area contributed by atoms with Gasteiger partial charge in [0, 0.05) is 18.8 Å². The molecule has 0 aliphatic carbocycles. The van der Waals surface area contributed by atoms with Crippen LogP contribution in [0.2, 0.25) is 0 Å². The van der Waals surface area contributed by atoms with E-state index in [4.69, 9.17) is 10.5 Å². The maximum Gasteiger partial charge on any atom is 0.321 e. The molecule has 7 nitrogen and oxygen atoms in total. The first kappa shape index (κ1) is 15.3. The number of hydrogen-bond acceptors (Lipinski definition) is 6. The maximum absolute atomic E-state index is 12.3. The lowest BCUT2D eigenvalue weighted by Gasteiger charge is -2.17. The molecule has 0 aromatic heterocycles. The molecule has 19 heavy (non-hydrogen) atoms. The van der Waals surface area contributed by atoms with Crippen LogP contribution >= 0.6 is 0 Å². The fraction of sp³-hybridized carbons (Fsp3) is 0.364. The average molecular weight is 288 g/mol. The standard InChI is InChI=1S/C11H16N2O5S/c1-13(7-11(14)18-3)19(15,16)10-5-4-8(12)6-9(10)17-2/h4-6H,7,12H2,1-3H3. The third-order valence-electron chi connectivity index (χ3n) is 2.46. The smallest absolute Gasteiger partial charge is 0.321 e. The topological polar surface area (TPSA) is 98.9 Å². The minimum atomic E-state index is -3.85. The van der Waals surface area contributed by atoms with Crippen molar-refractivity contribution in [2.24, 2.45) is 0 Å². The number of carbonyl (C=O) groups excluding carboxylic acids is 1. The normalized spacial score (nSPS) is 11.4. The second kappa shape index (κ2) is 5.89. The summed E-state index contributed by atoms with van der Waals surface area (Å²) < 4.78 is 34.8. The van der Waals surface area contributed by atoms with E-state index in [9.17, 15) is 13.2 Å². The van der Waals surface area contributed by atoms with Crippen LogP contribution in [-0.4, -0.2) is 46.5 Å². The number of benzene rings is 1. The van der Waals surface area contributed by atoms with Crippen LogP contribution in [0.25, 0.3) is 0 Å². The third kappa shape index (κ3) is 3.36.